The number of hydrogen-bond acceptors (Lipinski definition) is 2. The summed E-state index contributed by atoms with van der Waals surface area (Å²) < 4.78 is 0. The minimum Gasteiger partial charge on any atom is -0.299 e. The highest BCUT2D eigenvalue weighted by molar-refractivity contribution is 6.03. The zero-order chi connectivity index (χ0) is 14.1. The van der Waals surface area contributed by atoms with Gasteiger partial charge >= 0.3 is 0 Å². The van der Waals surface area contributed by atoms with Crippen LogP contribution in [0.2, 0.25) is 0 Å². The average molecular weight is 280 g/mol. The lowest BCUT2D eigenvalue weighted by Gasteiger charge is -2.56. The maximum Gasteiger partial charge on any atom is 0.0671 e. The number of aliphatic imine (C=N–C) groups is 1. The molecule has 1 aromatic rings. The molecule has 4 aliphatic rings. The van der Waals surface area contributed by atoms with Crippen LogP contribution in [0, 0.1) is 5.41 Å². The summed E-state index contributed by atoms with van der Waals surface area (Å²) in [6.07, 6.45) is 8.06. The van der Waals surface area contributed by atoms with Gasteiger partial charge in [0.15, 0.2) is 0 Å². The SMILES string of the molecule is CC[C@@]12CCCN3CC[C@@]4(C(=Nc5ccccc54)CC1)[C@H]32. The van der Waals surface area contributed by atoms with E-state index < -0.39 is 0 Å². The van der Waals surface area contributed by atoms with Crippen LogP contribution in [0.4, 0.5) is 5.69 Å². The van der Waals surface area contributed by atoms with Gasteiger partial charge < -0.3 is 0 Å². The maximum atomic E-state index is 5.09. The van der Waals surface area contributed by atoms with Crippen molar-refractivity contribution in [1.29, 1.82) is 0 Å². The molecule has 0 aromatic heterocycles. The molecule has 0 radical (unpaired) electrons. The third-order valence-corrected chi connectivity index (χ3v) is 7.04. The molecule has 2 nitrogen and oxygen atoms in total. The second-order valence-electron chi connectivity index (χ2n) is 7.55. The Morgan fingerprint density at radius 2 is 2.10 bits per heavy atom. The third kappa shape index (κ3) is 1.31. The Balaban J connectivity index is 1.75. The Morgan fingerprint density at radius 3 is 3.00 bits per heavy atom. The topological polar surface area (TPSA) is 15.6 Å². The van der Waals surface area contributed by atoms with Gasteiger partial charge in [-0.2, -0.15) is 0 Å². The van der Waals surface area contributed by atoms with E-state index in [0.717, 1.165) is 6.04 Å². The summed E-state index contributed by atoms with van der Waals surface area (Å²) in [5.74, 6) is 0. The minimum absolute atomic E-state index is 0.269. The molecule has 0 unspecified atom stereocenters. The highest BCUT2D eigenvalue weighted by atomic mass is 15.2. The largest absolute Gasteiger partial charge is 0.299 e. The molecule has 3 atom stereocenters. The second-order valence-corrected chi connectivity index (χ2v) is 7.55. The van der Waals surface area contributed by atoms with Gasteiger partial charge in [-0.15, -0.1) is 0 Å². The van der Waals surface area contributed by atoms with Crippen LogP contribution in [0.3, 0.4) is 0 Å². The summed E-state index contributed by atoms with van der Waals surface area (Å²) in [5, 5.41) is 0. The normalized spacial score (nSPS) is 40.4. The van der Waals surface area contributed by atoms with Crippen LogP contribution in [0.5, 0.6) is 0 Å². The van der Waals surface area contributed by atoms with Gasteiger partial charge in [0.2, 0.25) is 0 Å². The van der Waals surface area contributed by atoms with Crippen molar-refractivity contribution in [3.05, 3.63) is 29.8 Å². The number of fused-ring (bicyclic) bond motifs is 1. The predicted molar refractivity (Wildman–Crippen MR) is 86.4 cm³/mol. The molecular formula is C19H24N2. The molecule has 5 rings (SSSR count). The van der Waals surface area contributed by atoms with Crippen LogP contribution < -0.4 is 0 Å². The molecule has 2 heteroatoms. The lowest BCUT2D eigenvalue weighted by molar-refractivity contribution is 0.00462. The van der Waals surface area contributed by atoms with E-state index >= 15 is 0 Å². The highest BCUT2D eigenvalue weighted by Crippen LogP contribution is 2.62. The van der Waals surface area contributed by atoms with E-state index in [4.69, 9.17) is 4.99 Å². The van der Waals surface area contributed by atoms with Crippen molar-refractivity contribution in [1.82, 2.24) is 4.90 Å². The van der Waals surface area contributed by atoms with E-state index in [0.29, 0.717) is 5.41 Å². The molecule has 3 heterocycles. The molecule has 1 saturated carbocycles. The predicted octanol–water partition coefficient (Wildman–Crippen LogP) is 4.07. The summed E-state index contributed by atoms with van der Waals surface area (Å²) >= 11 is 0. The van der Waals surface area contributed by atoms with Gasteiger partial charge in [0.05, 0.1) is 11.1 Å². The Labute approximate surface area is 127 Å². The summed E-state index contributed by atoms with van der Waals surface area (Å²) in [7, 11) is 0. The van der Waals surface area contributed by atoms with Crippen molar-refractivity contribution >= 4 is 11.4 Å². The first-order valence-corrected chi connectivity index (χ1v) is 8.72. The molecule has 1 aliphatic carbocycles. The molecule has 1 aromatic carbocycles. The van der Waals surface area contributed by atoms with E-state index in [1.165, 1.54) is 63.0 Å². The number of hydrogen-bond donors (Lipinski definition) is 0. The maximum absolute atomic E-state index is 5.09. The molecule has 0 amide bonds. The van der Waals surface area contributed by atoms with Crippen LogP contribution in [0.1, 0.15) is 51.0 Å². The molecule has 0 N–H and O–H groups in total. The van der Waals surface area contributed by atoms with Crippen LogP contribution in [-0.4, -0.2) is 29.7 Å². The lowest BCUT2D eigenvalue weighted by atomic mass is 9.53. The number of piperidine rings is 1. The highest BCUT2D eigenvalue weighted by Gasteiger charge is 2.64. The Hall–Kier alpha value is -1.15. The van der Waals surface area contributed by atoms with Gasteiger partial charge in [-0.1, -0.05) is 25.1 Å². The Morgan fingerprint density at radius 1 is 1.19 bits per heavy atom. The third-order valence-electron chi connectivity index (χ3n) is 7.04. The van der Waals surface area contributed by atoms with Crippen molar-refractivity contribution in [3.8, 4) is 0 Å². The van der Waals surface area contributed by atoms with Crippen LogP contribution >= 0.6 is 0 Å². The molecule has 3 fully saturated rings. The van der Waals surface area contributed by atoms with Gasteiger partial charge in [-0.25, -0.2) is 0 Å². The standard InChI is InChI=1S/C19H24N2/c1-2-18-9-5-12-21-13-11-19(17(18)21)14-6-3-4-7-15(14)20-16(19)8-10-18/h3-4,6-7,17H,2,5,8-13H2,1H3/t17-,18-,19-/m1/s1. The minimum atomic E-state index is 0.269. The van der Waals surface area contributed by atoms with E-state index in [1.54, 1.807) is 5.56 Å². The van der Waals surface area contributed by atoms with Gasteiger partial charge in [0, 0.05) is 11.8 Å². The Bertz CT molecular complexity index is 634. The van der Waals surface area contributed by atoms with Crippen molar-refractivity contribution in [2.24, 2.45) is 10.4 Å². The molecule has 3 aliphatic heterocycles. The second kappa shape index (κ2) is 3.98. The molecule has 21 heavy (non-hydrogen) atoms. The smallest absolute Gasteiger partial charge is 0.0671 e. The van der Waals surface area contributed by atoms with E-state index in [-0.39, 0.29) is 5.41 Å². The van der Waals surface area contributed by atoms with Gasteiger partial charge in [-0.05, 0) is 68.7 Å². The fourth-order valence-corrected chi connectivity index (χ4v) is 6.21. The van der Waals surface area contributed by atoms with E-state index in [2.05, 4.69) is 36.1 Å². The first-order chi connectivity index (χ1) is 10.3. The number of para-hydroxylation sites is 1. The van der Waals surface area contributed by atoms with Gasteiger partial charge in [0.25, 0.3) is 0 Å². The van der Waals surface area contributed by atoms with E-state index in [1.807, 2.05) is 0 Å². The molecule has 0 bridgehead atoms. The fourth-order valence-electron chi connectivity index (χ4n) is 6.21. The average Bonchev–Trinajstić information content (AvgIpc) is 3.08. The van der Waals surface area contributed by atoms with Crippen molar-refractivity contribution in [2.45, 2.75) is 56.9 Å². The zero-order valence-electron chi connectivity index (χ0n) is 12.9. The monoisotopic (exact) mass is 280 g/mol. The van der Waals surface area contributed by atoms with Gasteiger partial charge in [-0.3, -0.25) is 9.89 Å². The first-order valence-electron chi connectivity index (χ1n) is 8.72. The summed E-state index contributed by atoms with van der Waals surface area (Å²) in [6, 6.07) is 9.70. The molecule has 110 valence electrons. The van der Waals surface area contributed by atoms with Crippen molar-refractivity contribution in [3.63, 3.8) is 0 Å². The Kier molecular flexibility index (Phi) is 2.35. The zero-order valence-corrected chi connectivity index (χ0v) is 12.9. The quantitative estimate of drug-likeness (QED) is 0.757. The molecular weight excluding hydrogens is 256 g/mol. The van der Waals surface area contributed by atoms with Crippen LogP contribution in [0.15, 0.2) is 29.3 Å². The summed E-state index contributed by atoms with van der Waals surface area (Å²) in [4.78, 5) is 7.91. The van der Waals surface area contributed by atoms with Crippen LogP contribution in [-0.2, 0) is 5.41 Å². The van der Waals surface area contributed by atoms with E-state index in [9.17, 15) is 0 Å². The van der Waals surface area contributed by atoms with Gasteiger partial charge in [0.1, 0.15) is 0 Å². The number of nitrogens with zero attached hydrogens (tertiary/aromatic N) is 2. The molecule has 2 saturated heterocycles. The molecule has 1 spiro atoms. The van der Waals surface area contributed by atoms with Crippen molar-refractivity contribution < 1.29 is 0 Å². The summed E-state index contributed by atoms with van der Waals surface area (Å²) in [5.41, 5.74) is 5.15. The fraction of sp³-hybridized carbons (Fsp3) is 0.632. The lowest BCUT2D eigenvalue weighted by Crippen LogP contribution is -2.61. The van der Waals surface area contributed by atoms with Crippen LogP contribution in [0.25, 0.3) is 0 Å². The first kappa shape index (κ1) is 12.4. The van der Waals surface area contributed by atoms with Crippen molar-refractivity contribution in [2.75, 3.05) is 13.1 Å². The number of rotatable bonds is 1. The summed E-state index contributed by atoms with van der Waals surface area (Å²) in [6.45, 7) is 5.02. The number of benzene rings is 1.